The van der Waals surface area contributed by atoms with E-state index in [0.29, 0.717) is 11.3 Å². The fraction of sp³-hybridized carbons (Fsp3) is 0.500. The molecule has 1 fully saturated rings. The summed E-state index contributed by atoms with van der Waals surface area (Å²) in [6.45, 7) is 6.60. The summed E-state index contributed by atoms with van der Waals surface area (Å²) in [7, 11) is 0. The molecule has 0 heterocycles. The van der Waals surface area contributed by atoms with Crippen LogP contribution in [0.2, 0.25) is 5.02 Å². The van der Waals surface area contributed by atoms with Crippen LogP contribution in [-0.2, 0) is 0 Å². The number of benzene rings is 1. The molecule has 2 heteroatoms. The van der Waals surface area contributed by atoms with Crippen LogP contribution in [0.3, 0.4) is 0 Å². The van der Waals surface area contributed by atoms with Crippen molar-refractivity contribution >= 4 is 11.6 Å². The van der Waals surface area contributed by atoms with Crippen molar-refractivity contribution in [2.24, 2.45) is 11.3 Å². The molecule has 0 bridgehead atoms. The second-order valence-corrected chi connectivity index (χ2v) is 5.67. The Labute approximate surface area is 102 Å². The van der Waals surface area contributed by atoms with Crippen molar-refractivity contribution < 1.29 is 0 Å². The van der Waals surface area contributed by atoms with Crippen molar-refractivity contribution in [2.45, 2.75) is 33.2 Å². The fourth-order valence-electron chi connectivity index (χ4n) is 1.71. The zero-order valence-corrected chi connectivity index (χ0v) is 10.8. The predicted molar refractivity (Wildman–Crippen MR) is 69.0 cm³/mol. The molecule has 1 aromatic carbocycles. The standard InChI is InChI=1S/C14H17ClN/c1-10(11-4-6-13(15)7-5-11)16-9-12-8-14(12,2)3/h4-7,10,12H,8H2,1-3H3/q+1. The van der Waals surface area contributed by atoms with E-state index in [1.807, 2.05) is 24.3 Å². The molecule has 1 aromatic rings. The second-order valence-electron chi connectivity index (χ2n) is 5.23. The molecular weight excluding hydrogens is 218 g/mol. The molecule has 2 unspecified atom stereocenters. The molecule has 84 valence electrons. The maximum atomic E-state index is 5.85. The fourth-order valence-corrected chi connectivity index (χ4v) is 1.83. The lowest BCUT2D eigenvalue weighted by Gasteiger charge is -1.95. The zero-order chi connectivity index (χ0) is 11.8. The molecule has 0 spiro atoms. The number of rotatable bonds is 1. The van der Waals surface area contributed by atoms with Crippen molar-refractivity contribution in [1.82, 2.24) is 0 Å². The van der Waals surface area contributed by atoms with E-state index in [1.54, 1.807) is 0 Å². The van der Waals surface area contributed by atoms with Gasteiger partial charge in [-0.15, -0.1) is 0 Å². The second kappa shape index (κ2) is 4.11. The molecular formula is C14H17ClN+. The monoisotopic (exact) mass is 234 g/mol. The predicted octanol–water partition coefficient (Wildman–Crippen LogP) is 4.78. The van der Waals surface area contributed by atoms with Crippen molar-refractivity contribution in [1.29, 1.82) is 0 Å². The van der Waals surface area contributed by atoms with E-state index < -0.39 is 0 Å². The summed E-state index contributed by atoms with van der Waals surface area (Å²) in [6, 6.07) is 11.3. The molecule has 0 saturated heterocycles. The van der Waals surface area contributed by atoms with Crippen LogP contribution in [0, 0.1) is 17.4 Å². The summed E-state index contributed by atoms with van der Waals surface area (Å²) < 4.78 is 0. The Morgan fingerprint density at radius 2 is 1.94 bits per heavy atom. The molecule has 0 N–H and O–H groups in total. The number of halogens is 1. The average molecular weight is 235 g/mol. The van der Waals surface area contributed by atoms with Crippen LogP contribution in [0.25, 0.3) is 4.85 Å². The molecule has 1 aliphatic rings. The Kier molecular flexibility index (Phi) is 2.95. The summed E-state index contributed by atoms with van der Waals surface area (Å²) in [5.41, 5.74) is 1.61. The molecule has 0 amide bonds. The van der Waals surface area contributed by atoms with Gasteiger partial charge in [0.25, 0.3) is 12.1 Å². The summed E-state index contributed by atoms with van der Waals surface area (Å²) >= 11 is 5.85. The first-order valence-corrected chi connectivity index (χ1v) is 6.08. The first-order chi connectivity index (χ1) is 7.49. The maximum Gasteiger partial charge on any atom is 0.294 e. The number of hydrogen-bond donors (Lipinski definition) is 0. The lowest BCUT2D eigenvalue weighted by molar-refractivity contribution is 0.616. The normalized spacial score (nSPS) is 23.1. The van der Waals surface area contributed by atoms with E-state index in [4.69, 9.17) is 11.6 Å². The highest BCUT2D eigenvalue weighted by Gasteiger charge is 2.49. The van der Waals surface area contributed by atoms with Gasteiger partial charge < -0.3 is 0 Å². The summed E-state index contributed by atoms with van der Waals surface area (Å²) in [4.78, 5) is 4.49. The van der Waals surface area contributed by atoms with Crippen LogP contribution in [-0.4, -0.2) is 0 Å². The van der Waals surface area contributed by atoms with Gasteiger partial charge >= 0.3 is 0 Å². The SMILES string of the molecule is CC([N+]#CC1CC1(C)C)c1ccc(Cl)cc1. The maximum absolute atomic E-state index is 5.85. The van der Waals surface area contributed by atoms with Crippen LogP contribution in [0.1, 0.15) is 38.8 Å². The Hall–Kier alpha value is -1.00. The molecule has 2 rings (SSSR count). The molecule has 0 aromatic heterocycles. The molecule has 1 nitrogen and oxygen atoms in total. The van der Waals surface area contributed by atoms with Gasteiger partial charge in [-0.2, -0.15) is 0 Å². The van der Waals surface area contributed by atoms with Gasteiger partial charge in [0, 0.05) is 17.5 Å². The van der Waals surface area contributed by atoms with Crippen LogP contribution < -0.4 is 0 Å². The first-order valence-electron chi connectivity index (χ1n) is 5.70. The van der Waals surface area contributed by atoms with Crippen molar-refractivity contribution in [3.05, 3.63) is 39.7 Å². The average Bonchev–Trinajstić information content (AvgIpc) is 2.84. The molecule has 1 saturated carbocycles. The van der Waals surface area contributed by atoms with E-state index in [9.17, 15) is 0 Å². The van der Waals surface area contributed by atoms with Crippen molar-refractivity contribution in [2.75, 3.05) is 0 Å². The minimum atomic E-state index is 0.175. The van der Waals surface area contributed by atoms with E-state index in [2.05, 4.69) is 31.7 Å². The first kappa shape index (κ1) is 11.5. The van der Waals surface area contributed by atoms with Gasteiger partial charge in [0.2, 0.25) is 0 Å². The molecule has 0 aliphatic heterocycles. The van der Waals surface area contributed by atoms with Crippen LogP contribution >= 0.6 is 11.6 Å². The van der Waals surface area contributed by atoms with E-state index in [0.717, 1.165) is 5.02 Å². The Bertz CT molecular complexity index is 436. The molecule has 1 aliphatic carbocycles. The van der Waals surface area contributed by atoms with E-state index >= 15 is 0 Å². The van der Waals surface area contributed by atoms with E-state index in [1.165, 1.54) is 12.0 Å². The van der Waals surface area contributed by atoms with Gasteiger partial charge in [-0.25, -0.2) is 0 Å². The molecule has 0 radical (unpaired) electrons. The van der Waals surface area contributed by atoms with Gasteiger partial charge in [0.05, 0.1) is 5.92 Å². The van der Waals surface area contributed by atoms with Crippen molar-refractivity contribution in [3.63, 3.8) is 0 Å². The minimum Gasteiger partial charge on any atom is -0.0843 e. The molecule has 2 atom stereocenters. The Balaban J connectivity index is 2.03. The number of nitrogens with zero attached hydrogens (tertiary/aromatic N) is 1. The van der Waals surface area contributed by atoms with E-state index in [-0.39, 0.29) is 6.04 Å². The molecule has 16 heavy (non-hydrogen) atoms. The largest absolute Gasteiger partial charge is 0.294 e. The van der Waals surface area contributed by atoms with Crippen LogP contribution in [0.4, 0.5) is 0 Å². The lowest BCUT2D eigenvalue weighted by Crippen LogP contribution is -1.88. The smallest absolute Gasteiger partial charge is 0.0843 e. The lowest BCUT2D eigenvalue weighted by atomic mass is 10.1. The van der Waals surface area contributed by atoms with Gasteiger partial charge in [-0.1, -0.05) is 30.3 Å². The van der Waals surface area contributed by atoms with Gasteiger partial charge in [-0.3, -0.25) is 0 Å². The third kappa shape index (κ3) is 2.57. The summed E-state index contributed by atoms with van der Waals surface area (Å²) in [5, 5.41) is 0.771. The van der Waals surface area contributed by atoms with Crippen LogP contribution in [0.5, 0.6) is 0 Å². The number of hydrogen-bond acceptors (Lipinski definition) is 0. The third-order valence-electron chi connectivity index (χ3n) is 3.29. The van der Waals surface area contributed by atoms with Gasteiger partial charge in [0.15, 0.2) is 0 Å². The topological polar surface area (TPSA) is 4.36 Å². The quantitative estimate of drug-likeness (QED) is 0.659. The van der Waals surface area contributed by atoms with Crippen molar-refractivity contribution in [3.8, 4) is 6.07 Å². The zero-order valence-electron chi connectivity index (χ0n) is 10.00. The Morgan fingerprint density at radius 1 is 1.38 bits per heavy atom. The minimum absolute atomic E-state index is 0.175. The third-order valence-corrected chi connectivity index (χ3v) is 3.54. The summed E-state index contributed by atoms with van der Waals surface area (Å²) in [5.74, 6) is 0.544. The van der Waals surface area contributed by atoms with Gasteiger partial charge in [-0.05, 0) is 36.1 Å². The highest BCUT2D eigenvalue weighted by molar-refractivity contribution is 6.30. The Morgan fingerprint density at radius 3 is 2.44 bits per heavy atom. The highest BCUT2D eigenvalue weighted by Crippen LogP contribution is 2.51. The van der Waals surface area contributed by atoms with Gasteiger partial charge in [0.1, 0.15) is 0 Å². The highest BCUT2D eigenvalue weighted by atomic mass is 35.5. The summed E-state index contributed by atoms with van der Waals surface area (Å²) in [6.07, 6.45) is 1.21. The van der Waals surface area contributed by atoms with Crippen LogP contribution in [0.15, 0.2) is 24.3 Å².